The van der Waals surface area contributed by atoms with E-state index in [-0.39, 0.29) is 18.2 Å². The number of hydrogen-bond acceptors (Lipinski definition) is 4. The van der Waals surface area contributed by atoms with Gasteiger partial charge in [0.15, 0.2) is 5.01 Å². The van der Waals surface area contributed by atoms with E-state index >= 15 is 0 Å². The number of aromatic nitrogens is 1. The van der Waals surface area contributed by atoms with Gasteiger partial charge in [-0.3, -0.25) is 0 Å². The molecule has 2 heterocycles. The molecule has 0 bridgehead atoms. The molecule has 3 atom stereocenters. The highest BCUT2D eigenvalue weighted by Gasteiger charge is 2.37. The molecule has 0 amide bonds. The van der Waals surface area contributed by atoms with Crippen molar-refractivity contribution in [2.45, 2.75) is 44.2 Å². The topological polar surface area (TPSA) is 34.2 Å². The zero-order valence-electron chi connectivity index (χ0n) is 10.1. The normalized spacial score (nSPS) is 26.5. The monoisotopic (exact) mass is 280 g/mol. The number of nitrogens with zero attached hydrogens (tertiary/aromatic N) is 1. The molecule has 0 aromatic carbocycles. The van der Waals surface area contributed by atoms with E-state index in [2.05, 4.69) is 10.3 Å². The Kier molecular flexibility index (Phi) is 3.93. The number of rotatable bonds is 3. The zero-order valence-corrected chi connectivity index (χ0v) is 10.9. The molecule has 2 rings (SSSR count). The van der Waals surface area contributed by atoms with Crippen LogP contribution in [0.1, 0.15) is 35.7 Å². The molecule has 3 nitrogen and oxygen atoms in total. The van der Waals surface area contributed by atoms with Gasteiger partial charge in [0.25, 0.3) is 0 Å². The van der Waals surface area contributed by atoms with Crippen molar-refractivity contribution in [1.29, 1.82) is 0 Å². The summed E-state index contributed by atoms with van der Waals surface area (Å²) in [6, 6.07) is -0.219. The first-order valence-corrected chi connectivity index (χ1v) is 6.59. The molecule has 1 aliphatic rings. The predicted molar refractivity (Wildman–Crippen MR) is 62.5 cm³/mol. The lowest BCUT2D eigenvalue weighted by Crippen LogP contribution is -2.28. The van der Waals surface area contributed by atoms with Crippen LogP contribution in [0.25, 0.3) is 0 Å². The second-order valence-corrected chi connectivity index (χ2v) is 5.46. The van der Waals surface area contributed by atoms with Crippen molar-refractivity contribution in [3.63, 3.8) is 0 Å². The van der Waals surface area contributed by atoms with E-state index in [1.807, 2.05) is 6.92 Å². The summed E-state index contributed by atoms with van der Waals surface area (Å²) >= 11 is 0.682. The van der Waals surface area contributed by atoms with Crippen molar-refractivity contribution >= 4 is 11.3 Å². The van der Waals surface area contributed by atoms with Gasteiger partial charge in [0, 0.05) is 11.1 Å². The number of likely N-dealkylation sites (N-methyl/N-ethyl adjacent to an activating group) is 1. The summed E-state index contributed by atoms with van der Waals surface area (Å²) in [5.41, 5.74) is 0. The summed E-state index contributed by atoms with van der Waals surface area (Å²) in [5, 5.41) is 2.22. The summed E-state index contributed by atoms with van der Waals surface area (Å²) in [6.45, 7) is 1.97. The van der Waals surface area contributed by atoms with Crippen LogP contribution in [0.15, 0.2) is 6.20 Å². The third kappa shape index (κ3) is 2.84. The maximum Gasteiger partial charge on any atom is 0.443 e. The molecule has 3 unspecified atom stereocenters. The average Bonchev–Trinajstić information content (AvgIpc) is 2.88. The number of thiazole rings is 1. The maximum atomic E-state index is 12.5. The van der Waals surface area contributed by atoms with Gasteiger partial charge in [-0.25, -0.2) is 4.98 Å². The molecule has 18 heavy (non-hydrogen) atoms. The van der Waals surface area contributed by atoms with Crippen LogP contribution in [-0.2, 0) is 10.9 Å². The van der Waals surface area contributed by atoms with E-state index in [1.54, 1.807) is 7.05 Å². The minimum atomic E-state index is -4.37. The Labute approximate surface area is 107 Å². The highest BCUT2D eigenvalue weighted by Crippen LogP contribution is 2.37. The number of hydrogen-bond donors (Lipinski definition) is 1. The molecular formula is C11H15F3N2OS. The van der Waals surface area contributed by atoms with Crippen LogP contribution in [0.5, 0.6) is 0 Å². The van der Waals surface area contributed by atoms with Gasteiger partial charge in [0.2, 0.25) is 0 Å². The Morgan fingerprint density at radius 3 is 2.67 bits per heavy atom. The molecule has 0 radical (unpaired) electrons. The molecule has 1 fully saturated rings. The van der Waals surface area contributed by atoms with Crippen molar-refractivity contribution in [2.24, 2.45) is 0 Å². The lowest BCUT2D eigenvalue weighted by Gasteiger charge is -2.21. The highest BCUT2D eigenvalue weighted by molar-refractivity contribution is 7.11. The fourth-order valence-electron chi connectivity index (χ4n) is 2.15. The Hall–Kier alpha value is -0.660. The van der Waals surface area contributed by atoms with Crippen LogP contribution in [-0.4, -0.2) is 24.2 Å². The molecular weight excluding hydrogens is 265 g/mol. The van der Waals surface area contributed by atoms with E-state index in [4.69, 9.17) is 4.74 Å². The van der Waals surface area contributed by atoms with Crippen LogP contribution in [0.4, 0.5) is 13.2 Å². The minimum absolute atomic E-state index is 0.0773. The van der Waals surface area contributed by atoms with Gasteiger partial charge in [-0.05, 0) is 26.8 Å². The lowest BCUT2D eigenvalue weighted by atomic mass is 10.1. The molecule has 0 saturated carbocycles. The van der Waals surface area contributed by atoms with Crippen LogP contribution in [0.3, 0.4) is 0 Å². The van der Waals surface area contributed by atoms with Crippen molar-refractivity contribution < 1.29 is 17.9 Å². The number of halogens is 3. The largest absolute Gasteiger partial charge is 0.443 e. The SMILES string of the molecule is CNC(c1cnc(C(F)(F)F)s1)C1CCC(C)O1. The summed E-state index contributed by atoms with van der Waals surface area (Å²) in [4.78, 5) is 4.02. The van der Waals surface area contributed by atoms with Crippen LogP contribution < -0.4 is 5.32 Å². The van der Waals surface area contributed by atoms with Crippen LogP contribution in [0.2, 0.25) is 0 Å². The lowest BCUT2D eigenvalue weighted by molar-refractivity contribution is -0.137. The second kappa shape index (κ2) is 5.14. The van der Waals surface area contributed by atoms with E-state index in [0.29, 0.717) is 16.2 Å². The van der Waals surface area contributed by atoms with Crippen molar-refractivity contribution in [1.82, 2.24) is 10.3 Å². The van der Waals surface area contributed by atoms with Crippen LogP contribution >= 0.6 is 11.3 Å². The number of ether oxygens (including phenoxy) is 1. The van der Waals surface area contributed by atoms with E-state index in [9.17, 15) is 13.2 Å². The van der Waals surface area contributed by atoms with Crippen molar-refractivity contribution in [3.8, 4) is 0 Å². The Bertz CT molecular complexity index is 407. The van der Waals surface area contributed by atoms with E-state index in [1.165, 1.54) is 6.20 Å². The van der Waals surface area contributed by atoms with E-state index in [0.717, 1.165) is 12.8 Å². The Balaban J connectivity index is 2.15. The van der Waals surface area contributed by atoms with Gasteiger partial charge < -0.3 is 10.1 Å². The highest BCUT2D eigenvalue weighted by atomic mass is 32.1. The molecule has 102 valence electrons. The van der Waals surface area contributed by atoms with Crippen molar-refractivity contribution in [3.05, 3.63) is 16.1 Å². The van der Waals surface area contributed by atoms with Gasteiger partial charge in [-0.15, -0.1) is 11.3 Å². The Morgan fingerprint density at radius 1 is 1.50 bits per heavy atom. The summed E-state index contributed by atoms with van der Waals surface area (Å²) in [6.07, 6.45) is -1.20. The van der Waals surface area contributed by atoms with Crippen molar-refractivity contribution in [2.75, 3.05) is 7.05 Å². The molecule has 1 saturated heterocycles. The summed E-state index contributed by atoms with van der Waals surface area (Å²) < 4.78 is 43.2. The molecule has 1 aromatic heterocycles. The predicted octanol–water partition coefficient (Wildman–Crippen LogP) is 2.99. The first kappa shape index (κ1) is 13.8. The Morgan fingerprint density at radius 2 is 2.22 bits per heavy atom. The van der Waals surface area contributed by atoms with Gasteiger partial charge in [0.1, 0.15) is 0 Å². The van der Waals surface area contributed by atoms with Gasteiger partial charge in [-0.1, -0.05) is 0 Å². The minimum Gasteiger partial charge on any atom is -0.373 e. The summed E-state index contributed by atoms with van der Waals surface area (Å²) in [7, 11) is 1.73. The maximum absolute atomic E-state index is 12.5. The first-order chi connectivity index (χ1) is 8.41. The molecule has 1 aliphatic heterocycles. The fourth-order valence-corrected chi connectivity index (χ4v) is 3.10. The fraction of sp³-hybridized carbons (Fsp3) is 0.727. The quantitative estimate of drug-likeness (QED) is 0.924. The van der Waals surface area contributed by atoms with Gasteiger partial charge in [0.05, 0.1) is 18.2 Å². The number of alkyl halides is 3. The average molecular weight is 280 g/mol. The molecule has 7 heteroatoms. The third-order valence-electron chi connectivity index (χ3n) is 3.02. The third-order valence-corrected chi connectivity index (χ3v) is 4.15. The second-order valence-electron chi connectivity index (χ2n) is 4.39. The standard InChI is InChI=1S/C11H15F3N2OS/c1-6-3-4-7(17-6)9(15-2)8-5-16-10(18-8)11(12,13)14/h5-7,9,15H,3-4H2,1-2H3. The molecule has 1 N–H and O–H groups in total. The molecule has 1 aromatic rings. The zero-order chi connectivity index (χ0) is 13.3. The van der Waals surface area contributed by atoms with Crippen LogP contribution in [0, 0.1) is 0 Å². The van der Waals surface area contributed by atoms with Gasteiger partial charge in [-0.2, -0.15) is 13.2 Å². The number of nitrogens with one attached hydrogen (secondary N) is 1. The molecule has 0 spiro atoms. The summed E-state index contributed by atoms with van der Waals surface area (Å²) in [5.74, 6) is 0. The van der Waals surface area contributed by atoms with E-state index < -0.39 is 11.2 Å². The smallest absolute Gasteiger partial charge is 0.373 e. The first-order valence-electron chi connectivity index (χ1n) is 5.77. The molecule has 0 aliphatic carbocycles. The van der Waals surface area contributed by atoms with Gasteiger partial charge >= 0.3 is 6.18 Å².